The topological polar surface area (TPSA) is 82.8 Å². The number of benzene rings is 2. The lowest BCUT2D eigenvalue weighted by Crippen LogP contribution is -2.33. The van der Waals surface area contributed by atoms with E-state index in [1.54, 1.807) is 55.1 Å². The van der Waals surface area contributed by atoms with Crippen LogP contribution < -0.4 is 5.32 Å². The van der Waals surface area contributed by atoms with Crippen molar-refractivity contribution in [1.82, 2.24) is 4.90 Å². The number of rotatable bonds is 10. The molecule has 2 N–H and O–H groups in total. The largest absolute Gasteiger partial charge is 0.480 e. The van der Waals surface area contributed by atoms with Crippen molar-refractivity contribution in [3.8, 4) is 0 Å². The Hall–Kier alpha value is -3.45. The van der Waals surface area contributed by atoms with Gasteiger partial charge in [0, 0.05) is 11.4 Å². The second-order valence-corrected chi connectivity index (χ2v) is 10.8. The third-order valence-corrected chi connectivity index (χ3v) is 6.66. The predicted octanol–water partition coefficient (Wildman–Crippen LogP) is 6.91. The highest BCUT2D eigenvalue weighted by atomic mass is 32.2. The van der Waals surface area contributed by atoms with Crippen LogP contribution in [-0.2, 0) is 35.0 Å². The summed E-state index contributed by atoms with van der Waals surface area (Å²) in [7, 11) is 0. The van der Waals surface area contributed by atoms with Crippen LogP contribution in [0.15, 0.2) is 70.2 Å². The van der Waals surface area contributed by atoms with Gasteiger partial charge in [-0.2, -0.15) is 26.3 Å². The number of aliphatic carboxylic acids is 1. The van der Waals surface area contributed by atoms with Crippen LogP contribution in [0.25, 0.3) is 0 Å². The number of halogens is 6. The molecule has 3 rings (SSSR count). The van der Waals surface area contributed by atoms with Crippen LogP contribution in [-0.4, -0.2) is 33.2 Å². The zero-order chi connectivity index (χ0) is 29.0. The molecule has 0 bridgehead atoms. The average Bonchev–Trinajstić information content (AvgIpc) is 3.32. The van der Waals surface area contributed by atoms with E-state index in [2.05, 4.69) is 5.32 Å². The minimum Gasteiger partial charge on any atom is -0.480 e. The normalized spacial score (nSPS) is 12.5. The van der Waals surface area contributed by atoms with Gasteiger partial charge in [0.2, 0.25) is 5.91 Å². The van der Waals surface area contributed by atoms with Gasteiger partial charge in [-0.15, -0.1) is 11.8 Å². The maximum absolute atomic E-state index is 13.5. The first-order valence-electron chi connectivity index (χ1n) is 11.4. The fourth-order valence-corrected chi connectivity index (χ4v) is 4.46. The third kappa shape index (κ3) is 8.52. The van der Waals surface area contributed by atoms with E-state index in [1.807, 2.05) is 0 Å². The van der Waals surface area contributed by atoms with Gasteiger partial charge >= 0.3 is 18.3 Å². The van der Waals surface area contributed by atoms with Crippen molar-refractivity contribution in [1.29, 1.82) is 0 Å². The van der Waals surface area contributed by atoms with Crippen molar-refractivity contribution in [2.24, 2.45) is 0 Å². The zero-order valence-electron chi connectivity index (χ0n) is 20.7. The summed E-state index contributed by atoms with van der Waals surface area (Å²) in [6.45, 7) is 3.02. The van der Waals surface area contributed by atoms with E-state index in [0.29, 0.717) is 22.8 Å². The van der Waals surface area contributed by atoms with E-state index >= 15 is 0 Å². The van der Waals surface area contributed by atoms with Gasteiger partial charge in [0.15, 0.2) is 0 Å². The molecule has 39 heavy (non-hydrogen) atoms. The number of carboxylic acids is 1. The molecule has 0 atom stereocenters. The first-order valence-corrected chi connectivity index (χ1v) is 12.2. The first-order chi connectivity index (χ1) is 18.0. The van der Waals surface area contributed by atoms with Crippen molar-refractivity contribution in [2.75, 3.05) is 11.9 Å². The summed E-state index contributed by atoms with van der Waals surface area (Å²) in [5, 5.41) is 11.4. The summed E-state index contributed by atoms with van der Waals surface area (Å²) >= 11 is 1.15. The van der Waals surface area contributed by atoms with E-state index in [-0.39, 0.29) is 19.2 Å². The number of alkyl halides is 6. The highest BCUT2D eigenvalue weighted by molar-refractivity contribution is 8.01. The van der Waals surface area contributed by atoms with Crippen LogP contribution in [0, 0.1) is 0 Å². The number of nitrogens with one attached hydrogen (secondary N) is 1. The second-order valence-electron chi connectivity index (χ2n) is 9.09. The Labute approximate surface area is 224 Å². The lowest BCUT2D eigenvalue weighted by atomic mass is 10.1. The molecular weight excluding hydrogens is 550 g/mol. The molecule has 0 aliphatic rings. The Bertz CT molecular complexity index is 1290. The van der Waals surface area contributed by atoms with Gasteiger partial charge in [-0.3, -0.25) is 14.5 Å². The molecule has 6 nitrogen and oxygen atoms in total. The van der Waals surface area contributed by atoms with Gasteiger partial charge in [-0.05, 0) is 61.9 Å². The summed E-state index contributed by atoms with van der Waals surface area (Å²) < 4.78 is 83.5. The summed E-state index contributed by atoms with van der Waals surface area (Å²) in [4.78, 5) is 26.4. The number of anilines is 1. The van der Waals surface area contributed by atoms with Crippen molar-refractivity contribution in [2.45, 2.75) is 48.9 Å². The standard InChI is InChI=1S/C26H24F6N2O4S/c1-24(2,23(36)37)39-19-8-5-16(6-9-19)13-34(14-18-4-3-11-38-18)15-22(35)33-21-10-7-17(25(27,28)29)12-20(21)26(30,31)32/h3-12H,13-15H2,1-2H3,(H,33,35)(H,36,37). The highest BCUT2D eigenvalue weighted by Crippen LogP contribution is 2.39. The molecule has 0 fully saturated rings. The Morgan fingerprint density at radius 3 is 2.15 bits per heavy atom. The van der Waals surface area contributed by atoms with Gasteiger partial charge in [0.1, 0.15) is 10.5 Å². The van der Waals surface area contributed by atoms with E-state index in [9.17, 15) is 41.0 Å². The molecule has 0 spiro atoms. The molecule has 0 unspecified atom stereocenters. The monoisotopic (exact) mass is 574 g/mol. The number of thioether (sulfide) groups is 1. The SMILES string of the molecule is CC(C)(Sc1ccc(CN(CC(=O)Nc2ccc(C(F)(F)F)cc2C(F)(F)F)Cc2ccco2)cc1)C(=O)O. The summed E-state index contributed by atoms with van der Waals surface area (Å²) in [6.07, 6.45) is -8.70. The van der Waals surface area contributed by atoms with E-state index < -0.39 is 52.3 Å². The van der Waals surface area contributed by atoms with Gasteiger partial charge < -0.3 is 14.8 Å². The zero-order valence-corrected chi connectivity index (χ0v) is 21.5. The molecule has 1 heterocycles. The Balaban J connectivity index is 1.77. The van der Waals surface area contributed by atoms with Crippen LogP contribution in [0.1, 0.15) is 36.3 Å². The molecule has 0 radical (unpaired) electrons. The van der Waals surface area contributed by atoms with Gasteiger partial charge in [0.05, 0.1) is 36.2 Å². The maximum Gasteiger partial charge on any atom is 0.418 e. The van der Waals surface area contributed by atoms with Crippen LogP contribution in [0.3, 0.4) is 0 Å². The van der Waals surface area contributed by atoms with E-state index in [0.717, 1.165) is 17.3 Å². The quantitative estimate of drug-likeness (QED) is 0.202. The average molecular weight is 575 g/mol. The number of carbonyl (C=O) groups is 2. The molecule has 3 aromatic rings. The third-order valence-electron chi connectivity index (χ3n) is 5.47. The highest BCUT2D eigenvalue weighted by Gasteiger charge is 2.38. The summed E-state index contributed by atoms with van der Waals surface area (Å²) in [5.74, 6) is -1.38. The van der Waals surface area contributed by atoms with Crippen LogP contribution in [0.4, 0.5) is 32.0 Å². The number of amides is 1. The molecule has 0 saturated carbocycles. The molecule has 2 aromatic carbocycles. The minimum absolute atomic E-state index is 0.0402. The predicted molar refractivity (Wildman–Crippen MR) is 132 cm³/mol. The van der Waals surface area contributed by atoms with Crippen LogP contribution in [0.5, 0.6) is 0 Å². The first kappa shape index (κ1) is 30.1. The Morgan fingerprint density at radius 2 is 1.62 bits per heavy atom. The number of hydrogen-bond donors (Lipinski definition) is 2. The smallest absolute Gasteiger partial charge is 0.418 e. The summed E-state index contributed by atoms with van der Waals surface area (Å²) in [5.41, 5.74) is -3.17. The Kier molecular flexibility index (Phi) is 9.06. The molecule has 13 heteroatoms. The van der Waals surface area contributed by atoms with Crippen molar-refractivity contribution in [3.63, 3.8) is 0 Å². The lowest BCUT2D eigenvalue weighted by molar-refractivity contribution is -0.143. The number of hydrogen-bond acceptors (Lipinski definition) is 5. The van der Waals surface area contributed by atoms with Crippen molar-refractivity contribution in [3.05, 3.63) is 83.3 Å². The maximum atomic E-state index is 13.5. The van der Waals surface area contributed by atoms with Crippen molar-refractivity contribution >= 4 is 29.3 Å². The number of carbonyl (C=O) groups excluding carboxylic acids is 1. The van der Waals surface area contributed by atoms with Crippen LogP contribution in [0.2, 0.25) is 0 Å². The fraction of sp³-hybridized carbons (Fsp3) is 0.308. The van der Waals surface area contributed by atoms with Gasteiger partial charge in [0.25, 0.3) is 0 Å². The Morgan fingerprint density at radius 1 is 0.949 bits per heavy atom. The number of furan rings is 1. The minimum atomic E-state index is -5.13. The van der Waals surface area contributed by atoms with E-state index in [1.165, 1.54) is 6.26 Å². The molecule has 210 valence electrons. The van der Waals surface area contributed by atoms with Gasteiger partial charge in [-0.1, -0.05) is 12.1 Å². The second kappa shape index (κ2) is 11.7. The molecule has 0 saturated heterocycles. The molecular formula is C26H24F6N2O4S. The van der Waals surface area contributed by atoms with E-state index in [4.69, 9.17) is 4.42 Å². The van der Waals surface area contributed by atoms with Crippen molar-refractivity contribution < 1.29 is 45.5 Å². The summed E-state index contributed by atoms with van der Waals surface area (Å²) in [6, 6.07) is 11.2. The lowest BCUT2D eigenvalue weighted by Gasteiger charge is -2.22. The molecule has 1 aromatic heterocycles. The molecule has 0 aliphatic carbocycles. The number of nitrogens with zero attached hydrogens (tertiary/aromatic N) is 1. The molecule has 0 aliphatic heterocycles. The van der Waals surface area contributed by atoms with Gasteiger partial charge in [-0.25, -0.2) is 0 Å². The molecule has 1 amide bonds. The van der Waals surface area contributed by atoms with Crippen LogP contribution >= 0.6 is 11.8 Å². The number of carboxylic acid groups (broad SMARTS) is 1. The fourth-order valence-electron chi connectivity index (χ4n) is 3.51.